The van der Waals surface area contributed by atoms with Crippen LogP contribution in [0.2, 0.25) is 0 Å². The first-order valence-corrected chi connectivity index (χ1v) is 6.35. The first-order chi connectivity index (χ1) is 8.67. The van der Waals surface area contributed by atoms with E-state index < -0.39 is 0 Å². The van der Waals surface area contributed by atoms with E-state index in [4.69, 9.17) is 5.73 Å². The fourth-order valence-electron chi connectivity index (χ4n) is 2.15. The molecule has 1 aromatic heterocycles. The highest BCUT2D eigenvalue weighted by Crippen LogP contribution is 2.12. The van der Waals surface area contributed by atoms with E-state index in [1.807, 2.05) is 0 Å². The lowest BCUT2D eigenvalue weighted by Gasteiger charge is -2.02. The van der Waals surface area contributed by atoms with Gasteiger partial charge >= 0.3 is 0 Å². The molecule has 0 aliphatic carbocycles. The fraction of sp³-hybridized carbons (Fsp3) is 0.429. The van der Waals surface area contributed by atoms with Crippen molar-refractivity contribution in [3.8, 4) is 0 Å². The van der Waals surface area contributed by atoms with Crippen LogP contribution < -0.4 is 5.73 Å². The quantitative estimate of drug-likeness (QED) is 0.844. The highest BCUT2D eigenvalue weighted by atomic mass is 15.2. The number of hydrogen-bond acceptors (Lipinski definition) is 3. The number of nitrogens with zero attached hydrogens (tertiary/aromatic N) is 2. The van der Waals surface area contributed by atoms with Crippen molar-refractivity contribution in [3.05, 3.63) is 46.5 Å². The van der Waals surface area contributed by atoms with Gasteiger partial charge in [-0.05, 0) is 32.4 Å². The zero-order valence-corrected chi connectivity index (χ0v) is 11.0. The van der Waals surface area contributed by atoms with Crippen LogP contribution in [0.3, 0.4) is 0 Å². The summed E-state index contributed by atoms with van der Waals surface area (Å²) < 4.78 is 0. The Morgan fingerprint density at radius 2 is 1.89 bits per heavy atom. The Labute approximate surface area is 108 Å². The lowest BCUT2D eigenvalue weighted by molar-refractivity contribution is 0.785. The molecule has 18 heavy (non-hydrogen) atoms. The maximum absolute atomic E-state index is 5.47. The van der Waals surface area contributed by atoms with Gasteiger partial charge < -0.3 is 5.73 Å². The number of H-pyrrole nitrogens is 1. The van der Waals surface area contributed by atoms with Crippen LogP contribution in [0.25, 0.3) is 0 Å². The molecule has 0 fully saturated rings. The molecule has 0 saturated carbocycles. The monoisotopic (exact) mass is 244 g/mol. The summed E-state index contributed by atoms with van der Waals surface area (Å²) in [6, 6.07) is 6.56. The van der Waals surface area contributed by atoms with Gasteiger partial charge in [0.2, 0.25) is 0 Å². The smallest absolute Gasteiger partial charge is 0.150 e. The molecule has 3 N–H and O–H groups in total. The number of hydrogen-bond donors (Lipinski definition) is 2. The van der Waals surface area contributed by atoms with Crippen LogP contribution in [-0.4, -0.2) is 21.7 Å². The molecule has 0 aliphatic rings. The molecule has 0 saturated heterocycles. The Morgan fingerprint density at radius 3 is 2.56 bits per heavy atom. The van der Waals surface area contributed by atoms with Crippen LogP contribution in [0.4, 0.5) is 0 Å². The van der Waals surface area contributed by atoms with E-state index in [9.17, 15) is 0 Å². The average Bonchev–Trinajstić information content (AvgIpc) is 2.72. The van der Waals surface area contributed by atoms with Gasteiger partial charge in [-0.15, -0.1) is 0 Å². The molecule has 0 radical (unpaired) electrons. The van der Waals surface area contributed by atoms with Crippen LogP contribution >= 0.6 is 0 Å². The Bertz CT molecular complexity index is 496. The Kier molecular flexibility index (Phi) is 4.10. The lowest BCUT2D eigenvalue weighted by Crippen LogP contribution is -2.01. The summed E-state index contributed by atoms with van der Waals surface area (Å²) in [6.45, 7) is 4.91. The highest BCUT2D eigenvalue weighted by Gasteiger charge is 2.04. The van der Waals surface area contributed by atoms with Crippen molar-refractivity contribution in [3.63, 3.8) is 0 Å². The van der Waals surface area contributed by atoms with E-state index in [-0.39, 0.29) is 0 Å². The highest BCUT2D eigenvalue weighted by molar-refractivity contribution is 5.30. The first kappa shape index (κ1) is 12.8. The molecule has 2 rings (SSSR count). The normalized spacial score (nSPS) is 10.8. The average molecular weight is 244 g/mol. The molecule has 0 amide bonds. The lowest BCUT2D eigenvalue weighted by atomic mass is 10.1. The van der Waals surface area contributed by atoms with E-state index in [0.29, 0.717) is 6.54 Å². The summed E-state index contributed by atoms with van der Waals surface area (Å²) >= 11 is 0. The maximum atomic E-state index is 5.47. The van der Waals surface area contributed by atoms with E-state index in [1.54, 1.807) is 0 Å². The molecule has 4 heteroatoms. The summed E-state index contributed by atoms with van der Waals surface area (Å²) in [5, 5.41) is 7.20. The molecule has 0 unspecified atom stereocenters. The van der Waals surface area contributed by atoms with Gasteiger partial charge in [-0.25, -0.2) is 4.98 Å². The fourth-order valence-corrected chi connectivity index (χ4v) is 2.15. The zero-order chi connectivity index (χ0) is 13.0. The minimum atomic E-state index is 0.681. The van der Waals surface area contributed by atoms with Crippen LogP contribution in [-0.2, 0) is 12.8 Å². The van der Waals surface area contributed by atoms with Crippen molar-refractivity contribution in [2.75, 3.05) is 6.54 Å². The number of aryl methyl sites for hydroxylation is 3. The van der Waals surface area contributed by atoms with Gasteiger partial charge in [0.25, 0.3) is 0 Å². The zero-order valence-electron chi connectivity index (χ0n) is 11.0. The summed E-state index contributed by atoms with van der Waals surface area (Å²) in [6.07, 6.45) is 2.58. The van der Waals surface area contributed by atoms with Gasteiger partial charge in [-0.3, -0.25) is 5.10 Å². The largest absolute Gasteiger partial charge is 0.330 e. The standard InChI is InChI=1S/C14H20N4/c1-10-6-11(2)8-12(7-10)9-14-16-13(17-18-14)4-3-5-15/h6-8H,3-5,9,15H2,1-2H3,(H,16,17,18). The summed E-state index contributed by atoms with van der Waals surface area (Å²) in [7, 11) is 0. The molecule has 1 heterocycles. The number of rotatable bonds is 5. The van der Waals surface area contributed by atoms with Gasteiger partial charge in [-0.2, -0.15) is 5.10 Å². The minimum absolute atomic E-state index is 0.681. The van der Waals surface area contributed by atoms with E-state index in [0.717, 1.165) is 30.9 Å². The van der Waals surface area contributed by atoms with E-state index in [1.165, 1.54) is 16.7 Å². The van der Waals surface area contributed by atoms with Gasteiger partial charge in [0.1, 0.15) is 5.82 Å². The van der Waals surface area contributed by atoms with Crippen LogP contribution in [0.5, 0.6) is 0 Å². The second kappa shape index (κ2) is 5.78. The topological polar surface area (TPSA) is 67.6 Å². The van der Waals surface area contributed by atoms with Crippen molar-refractivity contribution < 1.29 is 0 Å². The van der Waals surface area contributed by atoms with Crippen LogP contribution in [0, 0.1) is 13.8 Å². The summed E-state index contributed by atoms with van der Waals surface area (Å²) in [5.74, 6) is 1.78. The SMILES string of the molecule is Cc1cc(C)cc(Cc2nc(CCCN)n[nH]2)c1. The molecule has 0 aliphatic heterocycles. The second-order valence-corrected chi connectivity index (χ2v) is 4.76. The summed E-state index contributed by atoms with van der Waals surface area (Å²) in [5.41, 5.74) is 9.32. The maximum Gasteiger partial charge on any atom is 0.150 e. The van der Waals surface area contributed by atoms with Crippen LogP contribution in [0.15, 0.2) is 18.2 Å². The Balaban J connectivity index is 2.06. The third kappa shape index (κ3) is 3.40. The van der Waals surface area contributed by atoms with E-state index >= 15 is 0 Å². The third-order valence-corrected chi connectivity index (χ3v) is 2.84. The number of nitrogens with two attached hydrogens (primary N) is 1. The number of benzene rings is 1. The molecule has 0 bridgehead atoms. The Morgan fingerprint density at radius 1 is 1.17 bits per heavy atom. The molecule has 2 aromatic rings. The summed E-state index contributed by atoms with van der Waals surface area (Å²) in [4.78, 5) is 4.48. The number of aromatic nitrogens is 3. The van der Waals surface area contributed by atoms with Gasteiger partial charge in [0.05, 0.1) is 0 Å². The number of nitrogens with one attached hydrogen (secondary N) is 1. The molecule has 0 spiro atoms. The van der Waals surface area contributed by atoms with E-state index in [2.05, 4.69) is 47.2 Å². The van der Waals surface area contributed by atoms with Gasteiger partial charge in [0.15, 0.2) is 5.82 Å². The molecule has 4 nitrogen and oxygen atoms in total. The molecule has 0 atom stereocenters. The molecule has 1 aromatic carbocycles. The predicted octanol–water partition coefficient (Wildman–Crippen LogP) is 1.90. The van der Waals surface area contributed by atoms with Crippen molar-refractivity contribution in [1.82, 2.24) is 15.2 Å². The van der Waals surface area contributed by atoms with Crippen molar-refractivity contribution >= 4 is 0 Å². The molecule has 96 valence electrons. The van der Waals surface area contributed by atoms with Crippen molar-refractivity contribution in [2.45, 2.75) is 33.1 Å². The minimum Gasteiger partial charge on any atom is -0.330 e. The van der Waals surface area contributed by atoms with Crippen LogP contribution in [0.1, 0.15) is 34.8 Å². The van der Waals surface area contributed by atoms with Crippen molar-refractivity contribution in [2.24, 2.45) is 5.73 Å². The molecular formula is C14H20N4. The number of aromatic amines is 1. The van der Waals surface area contributed by atoms with Crippen molar-refractivity contribution in [1.29, 1.82) is 0 Å². The van der Waals surface area contributed by atoms with Gasteiger partial charge in [-0.1, -0.05) is 29.3 Å². The third-order valence-electron chi connectivity index (χ3n) is 2.84. The molecular weight excluding hydrogens is 224 g/mol. The predicted molar refractivity (Wildman–Crippen MR) is 72.5 cm³/mol. The first-order valence-electron chi connectivity index (χ1n) is 6.35. The second-order valence-electron chi connectivity index (χ2n) is 4.76. The Hall–Kier alpha value is -1.68. The van der Waals surface area contributed by atoms with Gasteiger partial charge in [0, 0.05) is 12.8 Å².